The van der Waals surface area contributed by atoms with Crippen LogP contribution in [0.2, 0.25) is 0 Å². The van der Waals surface area contributed by atoms with Crippen molar-refractivity contribution in [2.24, 2.45) is 0 Å². The Bertz CT molecular complexity index is 773. The molecule has 1 heterocycles. The average molecular weight is 266 g/mol. The van der Waals surface area contributed by atoms with E-state index in [2.05, 4.69) is 5.10 Å². The maximum absolute atomic E-state index is 12.7. The monoisotopic (exact) mass is 266 g/mol. The van der Waals surface area contributed by atoms with E-state index in [1.807, 2.05) is 31.2 Å². The first kappa shape index (κ1) is 12.4. The van der Waals surface area contributed by atoms with Crippen molar-refractivity contribution in [1.82, 2.24) is 9.78 Å². The summed E-state index contributed by atoms with van der Waals surface area (Å²) >= 11 is 0. The number of hydrogen-bond donors (Lipinski definition) is 1. The molecule has 0 aliphatic rings. The number of nitrogens with zero attached hydrogens (tertiary/aromatic N) is 2. The molecule has 3 aromatic rings. The predicted molar refractivity (Wildman–Crippen MR) is 76.9 cm³/mol. The number of aromatic hydroxyl groups is 1. The summed E-state index contributed by atoms with van der Waals surface area (Å²) in [7, 11) is 0. The van der Waals surface area contributed by atoms with Crippen molar-refractivity contribution in [3.05, 3.63) is 59.8 Å². The summed E-state index contributed by atoms with van der Waals surface area (Å²) in [5.41, 5.74) is 1.95. The van der Waals surface area contributed by atoms with E-state index in [0.29, 0.717) is 17.8 Å². The van der Waals surface area contributed by atoms with Gasteiger partial charge in [-0.15, -0.1) is 0 Å². The smallest absolute Gasteiger partial charge is 0.211 e. The van der Waals surface area contributed by atoms with E-state index in [-0.39, 0.29) is 11.5 Å². The number of rotatable bonds is 3. The number of phenolic OH excluding ortho intramolecular Hbond substituents is 1. The van der Waals surface area contributed by atoms with Gasteiger partial charge in [-0.2, -0.15) is 5.10 Å². The molecule has 1 aromatic heterocycles. The van der Waals surface area contributed by atoms with Crippen molar-refractivity contribution in [3.63, 3.8) is 0 Å². The minimum absolute atomic E-state index is 0.0828. The molecule has 0 saturated heterocycles. The summed E-state index contributed by atoms with van der Waals surface area (Å²) in [6.07, 6.45) is 0. The van der Waals surface area contributed by atoms with Crippen LogP contribution < -0.4 is 0 Å². The van der Waals surface area contributed by atoms with E-state index in [1.165, 1.54) is 12.1 Å². The second-order valence-electron chi connectivity index (χ2n) is 4.56. The zero-order valence-corrected chi connectivity index (χ0v) is 11.1. The second-order valence-corrected chi connectivity index (χ2v) is 4.56. The second kappa shape index (κ2) is 4.81. The van der Waals surface area contributed by atoms with Crippen molar-refractivity contribution < 1.29 is 9.90 Å². The Kier molecular flexibility index (Phi) is 2.99. The van der Waals surface area contributed by atoms with E-state index in [9.17, 15) is 9.90 Å². The van der Waals surface area contributed by atoms with E-state index in [0.717, 1.165) is 10.9 Å². The van der Waals surface area contributed by atoms with Gasteiger partial charge in [0.25, 0.3) is 0 Å². The van der Waals surface area contributed by atoms with Crippen LogP contribution in [0.4, 0.5) is 0 Å². The highest BCUT2D eigenvalue weighted by atomic mass is 16.3. The van der Waals surface area contributed by atoms with Crippen LogP contribution in [0.15, 0.2) is 48.5 Å². The van der Waals surface area contributed by atoms with E-state index in [4.69, 9.17) is 0 Å². The van der Waals surface area contributed by atoms with Gasteiger partial charge in [0.05, 0.1) is 5.52 Å². The number of hydrogen-bond acceptors (Lipinski definition) is 3. The number of aryl methyl sites for hydroxylation is 1. The van der Waals surface area contributed by atoms with E-state index < -0.39 is 0 Å². The van der Waals surface area contributed by atoms with Gasteiger partial charge in [-0.3, -0.25) is 9.48 Å². The van der Waals surface area contributed by atoms with Crippen LogP contribution in [0.5, 0.6) is 5.75 Å². The Morgan fingerprint density at radius 2 is 1.85 bits per heavy atom. The first-order chi connectivity index (χ1) is 9.70. The molecule has 0 amide bonds. The third kappa shape index (κ3) is 1.95. The SMILES string of the molecule is CCn1nc2ccccc2c1C(=O)c1ccc(O)cc1. The quantitative estimate of drug-likeness (QED) is 0.741. The maximum Gasteiger partial charge on any atom is 0.211 e. The lowest BCUT2D eigenvalue weighted by Crippen LogP contribution is -2.10. The van der Waals surface area contributed by atoms with Gasteiger partial charge in [0.2, 0.25) is 5.78 Å². The van der Waals surface area contributed by atoms with Gasteiger partial charge in [0.15, 0.2) is 0 Å². The molecule has 0 unspecified atom stereocenters. The van der Waals surface area contributed by atoms with Crippen LogP contribution >= 0.6 is 0 Å². The number of benzene rings is 2. The van der Waals surface area contributed by atoms with Gasteiger partial charge < -0.3 is 5.11 Å². The molecule has 1 N–H and O–H groups in total. The summed E-state index contributed by atoms with van der Waals surface area (Å²) in [6.45, 7) is 2.59. The third-order valence-electron chi connectivity index (χ3n) is 3.29. The fraction of sp³-hybridized carbons (Fsp3) is 0.125. The van der Waals surface area contributed by atoms with Crippen LogP contribution in [0, 0.1) is 0 Å². The number of carbonyl (C=O) groups excluding carboxylic acids is 1. The minimum atomic E-state index is -0.0828. The molecule has 0 saturated carbocycles. The zero-order valence-electron chi connectivity index (χ0n) is 11.1. The van der Waals surface area contributed by atoms with Crippen LogP contribution in [-0.2, 0) is 6.54 Å². The molecule has 0 fully saturated rings. The summed E-state index contributed by atoms with van der Waals surface area (Å²) in [6, 6.07) is 13.9. The highest BCUT2D eigenvalue weighted by molar-refractivity contribution is 6.15. The number of phenols is 1. The van der Waals surface area contributed by atoms with Crippen LogP contribution in [-0.4, -0.2) is 20.7 Å². The lowest BCUT2D eigenvalue weighted by molar-refractivity contribution is 0.103. The molecular formula is C16H14N2O2. The highest BCUT2D eigenvalue weighted by Gasteiger charge is 2.18. The molecule has 0 aliphatic carbocycles. The summed E-state index contributed by atoms with van der Waals surface area (Å²) < 4.78 is 1.72. The molecule has 4 heteroatoms. The van der Waals surface area contributed by atoms with Gasteiger partial charge in [-0.25, -0.2) is 0 Å². The largest absolute Gasteiger partial charge is 0.508 e. The van der Waals surface area contributed by atoms with Crippen molar-refractivity contribution in [1.29, 1.82) is 0 Å². The van der Waals surface area contributed by atoms with E-state index >= 15 is 0 Å². The van der Waals surface area contributed by atoms with Gasteiger partial charge in [-0.1, -0.05) is 18.2 Å². The Hall–Kier alpha value is -2.62. The lowest BCUT2D eigenvalue weighted by Gasteiger charge is -2.04. The summed E-state index contributed by atoms with van der Waals surface area (Å²) in [5.74, 6) is 0.0657. The lowest BCUT2D eigenvalue weighted by atomic mass is 10.0. The van der Waals surface area contributed by atoms with Gasteiger partial charge in [0.1, 0.15) is 11.4 Å². The molecule has 0 bridgehead atoms. The molecule has 4 nitrogen and oxygen atoms in total. The van der Waals surface area contributed by atoms with Crippen molar-refractivity contribution in [3.8, 4) is 5.75 Å². The van der Waals surface area contributed by atoms with Crippen LogP contribution in [0.3, 0.4) is 0 Å². The Morgan fingerprint density at radius 3 is 2.55 bits per heavy atom. The zero-order chi connectivity index (χ0) is 14.1. The normalized spacial score (nSPS) is 10.8. The fourth-order valence-corrected chi connectivity index (χ4v) is 2.30. The van der Waals surface area contributed by atoms with E-state index in [1.54, 1.807) is 16.8 Å². The first-order valence-electron chi connectivity index (χ1n) is 6.50. The van der Waals surface area contributed by atoms with Crippen LogP contribution in [0.1, 0.15) is 23.0 Å². The standard InChI is InChI=1S/C16H14N2O2/c1-2-18-15(13-5-3-4-6-14(13)17-18)16(20)11-7-9-12(19)10-8-11/h3-10,19H,2H2,1H3. The van der Waals surface area contributed by atoms with Crippen molar-refractivity contribution in [2.75, 3.05) is 0 Å². The van der Waals surface area contributed by atoms with Gasteiger partial charge >= 0.3 is 0 Å². The molecule has 2 aromatic carbocycles. The molecule has 0 atom stereocenters. The van der Waals surface area contributed by atoms with Crippen molar-refractivity contribution >= 4 is 16.7 Å². The molecule has 20 heavy (non-hydrogen) atoms. The topological polar surface area (TPSA) is 55.1 Å². The molecule has 0 spiro atoms. The summed E-state index contributed by atoms with van der Waals surface area (Å²) in [5, 5.41) is 14.6. The Labute approximate surface area is 116 Å². The fourth-order valence-electron chi connectivity index (χ4n) is 2.30. The number of aromatic nitrogens is 2. The highest BCUT2D eigenvalue weighted by Crippen LogP contribution is 2.22. The Balaban J connectivity index is 2.17. The van der Waals surface area contributed by atoms with Gasteiger partial charge in [0, 0.05) is 17.5 Å². The molecule has 3 rings (SSSR count). The number of fused-ring (bicyclic) bond motifs is 1. The Morgan fingerprint density at radius 1 is 1.15 bits per heavy atom. The molecular weight excluding hydrogens is 252 g/mol. The molecule has 0 radical (unpaired) electrons. The number of carbonyl (C=O) groups is 1. The van der Waals surface area contributed by atoms with Crippen molar-refractivity contribution in [2.45, 2.75) is 13.5 Å². The first-order valence-corrected chi connectivity index (χ1v) is 6.50. The predicted octanol–water partition coefficient (Wildman–Crippen LogP) is 2.99. The van der Waals surface area contributed by atoms with Crippen LogP contribution in [0.25, 0.3) is 10.9 Å². The minimum Gasteiger partial charge on any atom is -0.508 e. The maximum atomic E-state index is 12.7. The average Bonchev–Trinajstić information content (AvgIpc) is 2.85. The third-order valence-corrected chi connectivity index (χ3v) is 3.29. The molecule has 0 aliphatic heterocycles. The molecule has 100 valence electrons. The summed E-state index contributed by atoms with van der Waals surface area (Å²) in [4.78, 5) is 12.7. The van der Waals surface area contributed by atoms with Gasteiger partial charge in [-0.05, 0) is 37.3 Å². The number of ketones is 1.